The quantitative estimate of drug-likeness (QED) is 0.604. The van der Waals surface area contributed by atoms with Gasteiger partial charge in [-0.3, -0.25) is 0 Å². The van der Waals surface area contributed by atoms with Crippen LogP contribution in [-0.4, -0.2) is 4.21 Å². The maximum Gasteiger partial charge on any atom is 0.221 e. The van der Waals surface area contributed by atoms with Crippen molar-refractivity contribution in [2.45, 2.75) is 11.8 Å². The van der Waals surface area contributed by atoms with E-state index < -0.39 is 11.1 Å². The third-order valence-electron chi connectivity index (χ3n) is 1.21. The van der Waals surface area contributed by atoms with E-state index in [0.717, 1.165) is 5.56 Å². The van der Waals surface area contributed by atoms with E-state index in [4.69, 9.17) is 0 Å². The SMILES string of the molecule is Cc1ccc(S([O])=O)cc1. The molecule has 0 fully saturated rings. The van der Waals surface area contributed by atoms with Crippen LogP contribution in [0.25, 0.3) is 0 Å². The summed E-state index contributed by atoms with van der Waals surface area (Å²) < 4.78 is 20.6. The van der Waals surface area contributed by atoms with Gasteiger partial charge in [-0.05, 0) is 19.1 Å². The van der Waals surface area contributed by atoms with Gasteiger partial charge in [-0.2, -0.15) is 0 Å². The maximum absolute atomic E-state index is 10.3. The molecule has 2 nitrogen and oxygen atoms in total. The predicted octanol–water partition coefficient (Wildman–Crippen LogP) is 1.45. The molecular formula is C7H7O2S. The number of hydrogen-bond acceptors (Lipinski definition) is 1. The molecule has 0 aliphatic carbocycles. The number of rotatable bonds is 1. The molecule has 1 radical (unpaired) electrons. The summed E-state index contributed by atoms with van der Waals surface area (Å²) in [6.07, 6.45) is 0. The highest BCUT2D eigenvalue weighted by Crippen LogP contribution is 2.05. The van der Waals surface area contributed by atoms with E-state index in [0.29, 0.717) is 4.90 Å². The third-order valence-corrected chi connectivity index (χ3v) is 1.87. The van der Waals surface area contributed by atoms with Crippen molar-refractivity contribution in [3.63, 3.8) is 0 Å². The minimum atomic E-state index is -2.09. The molecule has 0 spiro atoms. The second-order valence-corrected chi connectivity index (χ2v) is 2.99. The smallest absolute Gasteiger partial charge is 0.221 e. The lowest BCUT2D eigenvalue weighted by atomic mass is 10.2. The van der Waals surface area contributed by atoms with Crippen LogP contribution in [0.2, 0.25) is 0 Å². The fourth-order valence-corrected chi connectivity index (χ4v) is 1.01. The van der Waals surface area contributed by atoms with Crippen LogP contribution in [0.1, 0.15) is 5.56 Å². The van der Waals surface area contributed by atoms with E-state index >= 15 is 0 Å². The zero-order valence-corrected chi connectivity index (χ0v) is 6.35. The molecule has 0 amide bonds. The van der Waals surface area contributed by atoms with Crippen molar-refractivity contribution in [3.8, 4) is 0 Å². The molecular weight excluding hydrogens is 148 g/mol. The first-order valence-corrected chi connectivity index (χ1v) is 3.93. The van der Waals surface area contributed by atoms with Gasteiger partial charge in [0.15, 0.2) is 0 Å². The standard InChI is InChI=1S/C7H7O2S/c1-6-2-4-7(5-3-6)10(8)9/h2-5H,1H3. The molecule has 0 aliphatic rings. The molecule has 1 atom stereocenters. The van der Waals surface area contributed by atoms with Crippen molar-refractivity contribution in [1.82, 2.24) is 0 Å². The van der Waals surface area contributed by atoms with Crippen molar-refractivity contribution >= 4 is 11.1 Å². The van der Waals surface area contributed by atoms with Gasteiger partial charge in [-0.15, -0.1) is 4.55 Å². The second-order valence-electron chi connectivity index (χ2n) is 2.05. The number of benzene rings is 1. The van der Waals surface area contributed by atoms with Crippen LogP contribution in [0.3, 0.4) is 0 Å². The summed E-state index contributed by atoms with van der Waals surface area (Å²) in [4.78, 5) is 0.339. The molecule has 0 N–H and O–H groups in total. The van der Waals surface area contributed by atoms with Crippen molar-refractivity contribution < 1.29 is 8.76 Å². The normalized spacial score (nSPS) is 13.0. The van der Waals surface area contributed by atoms with Crippen molar-refractivity contribution in [1.29, 1.82) is 0 Å². The summed E-state index contributed by atoms with van der Waals surface area (Å²) in [5.74, 6) is 0. The van der Waals surface area contributed by atoms with Gasteiger partial charge in [-0.25, -0.2) is 4.21 Å². The first kappa shape index (κ1) is 7.44. The molecule has 1 aromatic carbocycles. The van der Waals surface area contributed by atoms with Gasteiger partial charge in [-0.1, -0.05) is 17.7 Å². The van der Waals surface area contributed by atoms with E-state index in [1.807, 2.05) is 6.92 Å². The molecule has 0 saturated heterocycles. The summed E-state index contributed by atoms with van der Waals surface area (Å²) in [7, 11) is 0. The van der Waals surface area contributed by atoms with Gasteiger partial charge < -0.3 is 0 Å². The molecule has 53 valence electrons. The molecule has 0 aromatic heterocycles. The lowest BCUT2D eigenvalue weighted by Crippen LogP contribution is -1.84. The summed E-state index contributed by atoms with van der Waals surface area (Å²) in [6, 6.07) is 6.70. The van der Waals surface area contributed by atoms with Gasteiger partial charge >= 0.3 is 0 Å². The van der Waals surface area contributed by atoms with E-state index in [-0.39, 0.29) is 0 Å². The average molecular weight is 155 g/mol. The lowest BCUT2D eigenvalue weighted by Gasteiger charge is -1.92. The molecule has 1 aromatic rings. The Bertz CT molecular complexity index is 240. The van der Waals surface area contributed by atoms with Crippen LogP contribution in [0.5, 0.6) is 0 Å². The van der Waals surface area contributed by atoms with Crippen molar-refractivity contribution in [2.75, 3.05) is 0 Å². The zero-order chi connectivity index (χ0) is 7.56. The van der Waals surface area contributed by atoms with Crippen LogP contribution in [0.15, 0.2) is 29.2 Å². The fraction of sp³-hybridized carbons (Fsp3) is 0.143. The first-order chi connectivity index (χ1) is 4.70. The van der Waals surface area contributed by atoms with Crippen molar-refractivity contribution in [3.05, 3.63) is 29.8 Å². The van der Waals surface area contributed by atoms with Gasteiger partial charge in [0, 0.05) is 0 Å². The van der Waals surface area contributed by atoms with E-state index in [2.05, 4.69) is 0 Å². The van der Waals surface area contributed by atoms with E-state index in [1.54, 1.807) is 24.3 Å². The molecule has 1 rings (SSSR count). The van der Waals surface area contributed by atoms with Crippen LogP contribution < -0.4 is 0 Å². The van der Waals surface area contributed by atoms with Crippen LogP contribution >= 0.6 is 0 Å². The highest BCUT2D eigenvalue weighted by molar-refractivity contribution is 7.79. The summed E-state index contributed by atoms with van der Waals surface area (Å²) in [5.41, 5.74) is 1.06. The van der Waals surface area contributed by atoms with Gasteiger partial charge in [0.2, 0.25) is 11.1 Å². The Morgan fingerprint density at radius 3 is 2.10 bits per heavy atom. The third kappa shape index (κ3) is 1.65. The van der Waals surface area contributed by atoms with Gasteiger partial charge in [0.25, 0.3) is 0 Å². The second kappa shape index (κ2) is 2.94. The molecule has 3 heteroatoms. The monoisotopic (exact) mass is 155 g/mol. The largest absolute Gasteiger partial charge is 0.221 e. The molecule has 1 unspecified atom stereocenters. The van der Waals surface area contributed by atoms with Gasteiger partial charge in [0.05, 0.1) is 4.90 Å². The van der Waals surface area contributed by atoms with Gasteiger partial charge in [0.1, 0.15) is 0 Å². The Kier molecular flexibility index (Phi) is 2.19. The molecule has 0 aliphatic heterocycles. The van der Waals surface area contributed by atoms with Crippen molar-refractivity contribution in [2.24, 2.45) is 0 Å². The predicted molar refractivity (Wildman–Crippen MR) is 38.3 cm³/mol. The first-order valence-electron chi connectivity index (χ1n) is 2.86. The van der Waals surface area contributed by atoms with E-state index in [1.165, 1.54) is 0 Å². The van der Waals surface area contributed by atoms with Crippen LogP contribution in [-0.2, 0) is 15.6 Å². The highest BCUT2D eigenvalue weighted by atomic mass is 32.2. The molecule has 0 heterocycles. The lowest BCUT2D eigenvalue weighted by molar-refractivity contribution is 0.473. The Hall–Kier alpha value is -0.670. The Morgan fingerprint density at radius 1 is 1.20 bits per heavy atom. The topological polar surface area (TPSA) is 37.0 Å². The Morgan fingerprint density at radius 2 is 1.70 bits per heavy atom. The summed E-state index contributed by atoms with van der Waals surface area (Å²) in [6.45, 7) is 1.91. The van der Waals surface area contributed by atoms with Crippen LogP contribution in [0, 0.1) is 6.92 Å². The molecule has 0 saturated carbocycles. The maximum atomic E-state index is 10.3. The average Bonchev–Trinajstić information content (AvgIpc) is 1.88. The molecule has 0 bridgehead atoms. The summed E-state index contributed by atoms with van der Waals surface area (Å²) >= 11 is -2.09. The Labute approximate surface area is 62.2 Å². The minimum absolute atomic E-state index is 0.339. The fourth-order valence-electron chi connectivity index (χ4n) is 0.649. The Balaban J connectivity index is 3.00. The zero-order valence-electron chi connectivity index (χ0n) is 5.53. The highest BCUT2D eigenvalue weighted by Gasteiger charge is 1.97. The number of aryl methyl sites for hydroxylation is 1. The van der Waals surface area contributed by atoms with E-state index in [9.17, 15) is 8.76 Å². The van der Waals surface area contributed by atoms with Crippen LogP contribution in [0.4, 0.5) is 0 Å². The minimum Gasteiger partial charge on any atom is -0.221 e. The summed E-state index contributed by atoms with van der Waals surface area (Å²) in [5, 5.41) is 0. The molecule has 10 heavy (non-hydrogen) atoms. The number of hydrogen-bond donors (Lipinski definition) is 0.